The molecule has 3 nitrogen and oxygen atoms in total. The summed E-state index contributed by atoms with van der Waals surface area (Å²) in [5, 5.41) is 1.12. The third-order valence-corrected chi connectivity index (χ3v) is 4.37. The van der Waals surface area contributed by atoms with Gasteiger partial charge in [-0.05, 0) is 12.5 Å². The van der Waals surface area contributed by atoms with Crippen LogP contribution in [0.1, 0.15) is 33.6 Å². The van der Waals surface area contributed by atoms with E-state index in [1.54, 1.807) is 0 Å². The van der Waals surface area contributed by atoms with Gasteiger partial charge in [-0.1, -0.05) is 27.2 Å². The van der Waals surface area contributed by atoms with Crippen LogP contribution in [0.15, 0.2) is 0 Å². The minimum Gasteiger partial charge on any atom is -0.340 e. The van der Waals surface area contributed by atoms with Crippen LogP contribution < -0.4 is 5.73 Å². The third kappa shape index (κ3) is 3.98. The first kappa shape index (κ1) is 13.8. The van der Waals surface area contributed by atoms with Crippen LogP contribution >= 0.6 is 11.8 Å². The summed E-state index contributed by atoms with van der Waals surface area (Å²) in [5.74, 6) is 0.643. The van der Waals surface area contributed by atoms with Crippen molar-refractivity contribution in [2.24, 2.45) is 11.7 Å². The Morgan fingerprint density at radius 2 is 2.00 bits per heavy atom. The first-order valence-corrected chi connectivity index (χ1v) is 7.14. The summed E-state index contributed by atoms with van der Waals surface area (Å²) in [5.41, 5.74) is 5.64. The van der Waals surface area contributed by atoms with Crippen LogP contribution in [0.3, 0.4) is 0 Å². The molecule has 3 atom stereocenters. The molecule has 1 rings (SSSR count). The van der Waals surface area contributed by atoms with Crippen LogP contribution in [0.25, 0.3) is 0 Å². The molecule has 1 saturated heterocycles. The Morgan fingerprint density at radius 1 is 1.44 bits per heavy atom. The van der Waals surface area contributed by atoms with Gasteiger partial charge in [0.1, 0.15) is 0 Å². The zero-order valence-corrected chi connectivity index (χ0v) is 11.4. The molecule has 3 unspecified atom stereocenters. The van der Waals surface area contributed by atoms with E-state index in [2.05, 4.69) is 20.8 Å². The fraction of sp³-hybridized carbons (Fsp3) is 0.917. The molecule has 0 aromatic rings. The van der Waals surface area contributed by atoms with Crippen LogP contribution in [0, 0.1) is 5.92 Å². The highest BCUT2D eigenvalue weighted by Crippen LogP contribution is 2.25. The summed E-state index contributed by atoms with van der Waals surface area (Å²) in [6, 6.07) is 0. The maximum atomic E-state index is 12.1. The highest BCUT2D eigenvalue weighted by Gasteiger charge is 2.26. The molecule has 94 valence electrons. The second kappa shape index (κ2) is 6.50. The van der Waals surface area contributed by atoms with Gasteiger partial charge in [0.2, 0.25) is 5.91 Å². The molecule has 1 aliphatic heterocycles. The molecule has 2 N–H and O–H groups in total. The summed E-state index contributed by atoms with van der Waals surface area (Å²) in [6.07, 6.45) is 1.62. The number of thioether (sulfide) groups is 1. The predicted molar refractivity (Wildman–Crippen MR) is 70.5 cm³/mol. The topological polar surface area (TPSA) is 46.3 Å². The lowest BCUT2D eigenvalue weighted by molar-refractivity contribution is -0.132. The van der Waals surface area contributed by atoms with Gasteiger partial charge in [0.05, 0.1) is 0 Å². The summed E-state index contributed by atoms with van der Waals surface area (Å²) < 4.78 is 0. The Labute approximate surface area is 103 Å². The van der Waals surface area contributed by atoms with Crippen molar-refractivity contribution in [1.82, 2.24) is 4.90 Å². The number of carbonyl (C=O) groups is 1. The van der Waals surface area contributed by atoms with E-state index in [9.17, 15) is 4.79 Å². The molecule has 0 saturated carbocycles. The molecule has 1 amide bonds. The zero-order valence-electron chi connectivity index (χ0n) is 10.6. The van der Waals surface area contributed by atoms with E-state index in [-0.39, 0.29) is 5.91 Å². The molecular weight excluding hydrogens is 220 g/mol. The van der Waals surface area contributed by atoms with Crippen LogP contribution in [0.4, 0.5) is 0 Å². The molecule has 0 aromatic carbocycles. The van der Waals surface area contributed by atoms with Crippen molar-refractivity contribution < 1.29 is 4.79 Å². The Balaban J connectivity index is 2.46. The Bertz CT molecular complexity index is 221. The highest BCUT2D eigenvalue weighted by atomic mass is 32.2. The van der Waals surface area contributed by atoms with Gasteiger partial charge in [0.15, 0.2) is 0 Å². The van der Waals surface area contributed by atoms with Crippen LogP contribution in [0.2, 0.25) is 0 Å². The number of amides is 1. The van der Waals surface area contributed by atoms with Gasteiger partial charge in [-0.2, -0.15) is 11.8 Å². The first-order chi connectivity index (χ1) is 7.56. The SMILES string of the molecule is CCC(CN)CC(=O)N1CC(C)SC(C)C1. The quantitative estimate of drug-likeness (QED) is 0.819. The van der Waals surface area contributed by atoms with E-state index in [4.69, 9.17) is 5.73 Å². The van der Waals surface area contributed by atoms with Crippen LogP contribution in [-0.2, 0) is 4.79 Å². The average molecular weight is 244 g/mol. The van der Waals surface area contributed by atoms with E-state index in [0.717, 1.165) is 19.5 Å². The molecule has 4 heteroatoms. The zero-order chi connectivity index (χ0) is 12.1. The molecule has 0 aromatic heterocycles. The third-order valence-electron chi connectivity index (χ3n) is 3.15. The van der Waals surface area contributed by atoms with Crippen molar-refractivity contribution in [3.63, 3.8) is 0 Å². The standard InChI is InChI=1S/C12H24N2OS/c1-4-11(6-13)5-12(15)14-7-9(2)16-10(3)8-14/h9-11H,4-8,13H2,1-3H3. The Morgan fingerprint density at radius 3 is 2.44 bits per heavy atom. The fourth-order valence-corrected chi connectivity index (χ4v) is 3.48. The molecular formula is C12H24N2OS. The second-order valence-electron chi connectivity index (χ2n) is 4.77. The number of carbonyl (C=O) groups excluding carboxylic acids is 1. The van der Waals surface area contributed by atoms with Crippen molar-refractivity contribution in [2.75, 3.05) is 19.6 Å². The van der Waals surface area contributed by atoms with E-state index in [0.29, 0.717) is 29.4 Å². The van der Waals surface area contributed by atoms with E-state index >= 15 is 0 Å². The maximum Gasteiger partial charge on any atom is 0.222 e. The summed E-state index contributed by atoms with van der Waals surface area (Å²) >= 11 is 1.97. The molecule has 0 bridgehead atoms. The lowest BCUT2D eigenvalue weighted by atomic mass is 10.0. The molecule has 0 aliphatic carbocycles. The van der Waals surface area contributed by atoms with Crippen molar-refractivity contribution in [1.29, 1.82) is 0 Å². The van der Waals surface area contributed by atoms with Gasteiger partial charge in [-0.25, -0.2) is 0 Å². The normalized spacial score (nSPS) is 27.9. The smallest absolute Gasteiger partial charge is 0.222 e. The van der Waals surface area contributed by atoms with Gasteiger partial charge in [-0.15, -0.1) is 0 Å². The minimum atomic E-state index is 0.288. The summed E-state index contributed by atoms with van der Waals surface area (Å²) in [7, 11) is 0. The number of hydrogen-bond acceptors (Lipinski definition) is 3. The second-order valence-corrected chi connectivity index (χ2v) is 6.65. The van der Waals surface area contributed by atoms with Gasteiger partial charge in [0.25, 0.3) is 0 Å². The van der Waals surface area contributed by atoms with Crippen molar-refractivity contribution in [3.05, 3.63) is 0 Å². The number of nitrogens with zero attached hydrogens (tertiary/aromatic N) is 1. The molecule has 1 heterocycles. The van der Waals surface area contributed by atoms with E-state index in [1.807, 2.05) is 16.7 Å². The van der Waals surface area contributed by atoms with E-state index < -0.39 is 0 Å². The van der Waals surface area contributed by atoms with Crippen LogP contribution in [-0.4, -0.2) is 40.9 Å². The van der Waals surface area contributed by atoms with Gasteiger partial charge >= 0.3 is 0 Å². The number of hydrogen-bond donors (Lipinski definition) is 1. The average Bonchev–Trinajstić information content (AvgIpc) is 2.24. The van der Waals surface area contributed by atoms with Crippen molar-refractivity contribution in [3.8, 4) is 0 Å². The monoisotopic (exact) mass is 244 g/mol. The Kier molecular flexibility index (Phi) is 5.62. The van der Waals surface area contributed by atoms with Gasteiger partial charge < -0.3 is 10.6 Å². The molecule has 16 heavy (non-hydrogen) atoms. The highest BCUT2D eigenvalue weighted by molar-refractivity contribution is 8.00. The first-order valence-electron chi connectivity index (χ1n) is 6.20. The van der Waals surface area contributed by atoms with Crippen molar-refractivity contribution >= 4 is 17.7 Å². The van der Waals surface area contributed by atoms with Gasteiger partial charge in [-0.3, -0.25) is 4.79 Å². The summed E-state index contributed by atoms with van der Waals surface area (Å²) in [6.45, 7) is 8.91. The predicted octanol–water partition coefficient (Wildman–Crippen LogP) is 1.71. The van der Waals surface area contributed by atoms with Gasteiger partial charge in [0, 0.05) is 30.0 Å². The number of nitrogens with two attached hydrogens (primary N) is 1. The fourth-order valence-electron chi connectivity index (χ4n) is 2.15. The molecule has 1 aliphatic rings. The van der Waals surface area contributed by atoms with Crippen molar-refractivity contribution in [2.45, 2.75) is 44.1 Å². The minimum absolute atomic E-state index is 0.288. The Hall–Kier alpha value is -0.220. The lowest BCUT2D eigenvalue weighted by Gasteiger charge is -2.35. The summed E-state index contributed by atoms with van der Waals surface area (Å²) in [4.78, 5) is 14.1. The lowest BCUT2D eigenvalue weighted by Crippen LogP contribution is -2.44. The number of rotatable bonds is 4. The largest absolute Gasteiger partial charge is 0.340 e. The molecule has 0 spiro atoms. The molecule has 0 radical (unpaired) electrons. The maximum absolute atomic E-state index is 12.1. The van der Waals surface area contributed by atoms with E-state index in [1.165, 1.54) is 0 Å². The molecule has 1 fully saturated rings. The van der Waals surface area contributed by atoms with Crippen LogP contribution in [0.5, 0.6) is 0 Å².